The monoisotopic (exact) mass is 805 g/mol. The smallest absolute Gasteiger partial charge is 0.175 e. The van der Waals surface area contributed by atoms with E-state index >= 15 is 9.59 Å². The first kappa shape index (κ1) is 35.6. The minimum absolute atomic E-state index is 0.0339. The molecule has 0 fully saturated rings. The van der Waals surface area contributed by atoms with Crippen LogP contribution in [0.5, 0.6) is 0 Å². The standard InChI is InChI=1S/C57H47NO2Si/c1-29(2)61(30(3)4,31(5)6)32-23-45-41-25-43-47(56(59)53-37-19-11-7-15-33(37)51(43)34-16-8-12-20-38(34)53)27-49(41)58-50-28-48-44(26-42(50)46(24-32)55(45)58)52-35-17-9-13-21-39(35)54(57(48)60)40-22-14-10-18-36(40)52/h7-31,51-54H,1-6H3. The Balaban J connectivity index is 1.18. The summed E-state index contributed by atoms with van der Waals surface area (Å²) < 4.78 is 2.43. The molecule has 0 spiro atoms. The van der Waals surface area contributed by atoms with Gasteiger partial charge < -0.3 is 4.40 Å². The van der Waals surface area contributed by atoms with E-state index in [0.29, 0.717) is 16.6 Å². The first-order chi connectivity index (χ1) is 29.6. The van der Waals surface area contributed by atoms with Crippen molar-refractivity contribution in [3.63, 3.8) is 0 Å². The van der Waals surface area contributed by atoms with Crippen LogP contribution in [0.3, 0.4) is 0 Å². The lowest BCUT2D eigenvalue weighted by Crippen LogP contribution is -2.55. The van der Waals surface area contributed by atoms with Crippen LogP contribution in [0.2, 0.25) is 16.6 Å². The van der Waals surface area contributed by atoms with E-state index in [0.717, 1.165) is 55.5 Å². The lowest BCUT2D eigenvalue weighted by Gasteiger charge is -2.43. The van der Waals surface area contributed by atoms with Gasteiger partial charge in [-0.1, -0.05) is 156 Å². The van der Waals surface area contributed by atoms with Gasteiger partial charge in [-0.2, -0.15) is 0 Å². The minimum Gasteiger partial charge on any atom is -0.308 e. The van der Waals surface area contributed by atoms with Crippen molar-refractivity contribution in [2.24, 2.45) is 0 Å². The van der Waals surface area contributed by atoms with Gasteiger partial charge in [-0.25, -0.2) is 0 Å². The van der Waals surface area contributed by atoms with Crippen LogP contribution in [0.15, 0.2) is 133 Å². The maximum Gasteiger partial charge on any atom is 0.175 e. The normalized spacial score (nSPS) is 19.8. The maximum absolute atomic E-state index is 15.3. The average molecular weight is 806 g/mol. The molecule has 6 aliphatic carbocycles. The molecule has 7 aromatic carbocycles. The van der Waals surface area contributed by atoms with Gasteiger partial charge in [0.25, 0.3) is 0 Å². The Bertz CT molecular complexity index is 3110. The van der Waals surface area contributed by atoms with E-state index in [1.165, 1.54) is 54.5 Å². The van der Waals surface area contributed by atoms with Gasteiger partial charge in [0.15, 0.2) is 11.6 Å². The molecule has 3 nitrogen and oxygen atoms in total. The topological polar surface area (TPSA) is 38.5 Å². The predicted octanol–water partition coefficient (Wildman–Crippen LogP) is 13.4. The van der Waals surface area contributed by atoms with Crippen LogP contribution in [-0.4, -0.2) is 24.0 Å². The van der Waals surface area contributed by atoms with Gasteiger partial charge in [0, 0.05) is 44.5 Å². The van der Waals surface area contributed by atoms with Gasteiger partial charge in [0.05, 0.1) is 36.5 Å². The highest BCUT2D eigenvalue weighted by Gasteiger charge is 2.47. The van der Waals surface area contributed by atoms with Crippen molar-refractivity contribution in [3.8, 4) is 0 Å². The van der Waals surface area contributed by atoms with Crippen LogP contribution in [-0.2, 0) is 0 Å². The van der Waals surface area contributed by atoms with E-state index in [-0.39, 0.29) is 35.2 Å². The van der Waals surface area contributed by atoms with Gasteiger partial charge in [-0.15, -0.1) is 0 Å². The number of rotatable bonds is 4. The number of benzene rings is 7. The molecule has 296 valence electrons. The molecule has 61 heavy (non-hydrogen) atoms. The highest BCUT2D eigenvalue weighted by molar-refractivity contribution is 6.95. The number of ketones is 2. The van der Waals surface area contributed by atoms with Crippen LogP contribution in [0.25, 0.3) is 38.1 Å². The number of hydrogen-bond acceptors (Lipinski definition) is 2. The average Bonchev–Trinajstić information content (AvgIpc) is 3.61. The number of Topliss-reactive ketones (excluding diaryl/α,β-unsaturated/α-hetero) is 2. The van der Waals surface area contributed by atoms with E-state index in [9.17, 15) is 0 Å². The lowest BCUT2D eigenvalue weighted by molar-refractivity contribution is 0.0966. The summed E-state index contributed by atoms with van der Waals surface area (Å²) in [5.41, 5.74) is 18.2. The van der Waals surface area contributed by atoms with E-state index in [1.807, 2.05) is 0 Å². The van der Waals surface area contributed by atoms with Crippen LogP contribution >= 0.6 is 0 Å². The van der Waals surface area contributed by atoms with Crippen molar-refractivity contribution in [2.45, 2.75) is 81.8 Å². The Hall–Kier alpha value is -6.10. The Kier molecular flexibility index (Phi) is 7.04. The summed E-state index contributed by atoms with van der Waals surface area (Å²) >= 11 is 0. The van der Waals surface area contributed by atoms with E-state index < -0.39 is 8.07 Å². The summed E-state index contributed by atoms with van der Waals surface area (Å²) in [6, 6.07) is 49.0. The second-order valence-electron chi connectivity index (χ2n) is 19.5. The minimum atomic E-state index is -2.16. The summed E-state index contributed by atoms with van der Waals surface area (Å²) in [6.45, 7) is 14.8. The molecular weight excluding hydrogens is 759 g/mol. The number of nitrogens with zero attached hydrogens (tertiary/aromatic N) is 1. The van der Waals surface area contributed by atoms with Gasteiger partial charge in [-0.05, 0) is 96.5 Å². The molecule has 2 aromatic heterocycles. The second kappa shape index (κ2) is 12.0. The van der Waals surface area contributed by atoms with Crippen molar-refractivity contribution >= 4 is 62.9 Å². The molecule has 0 unspecified atom stereocenters. The molecule has 9 aromatic rings. The fourth-order valence-electron chi connectivity index (χ4n) is 14.2. The first-order valence-corrected chi connectivity index (χ1v) is 24.6. The molecule has 2 heterocycles. The molecule has 6 aliphatic rings. The van der Waals surface area contributed by atoms with Gasteiger partial charge in [-0.3, -0.25) is 9.59 Å². The number of carbonyl (C=O) groups excluding carboxylic acids is 2. The van der Waals surface area contributed by atoms with E-state index in [2.05, 4.69) is 179 Å². The van der Waals surface area contributed by atoms with Crippen molar-refractivity contribution in [1.29, 1.82) is 0 Å². The summed E-state index contributed by atoms with van der Waals surface area (Å²) in [6.07, 6.45) is 0. The molecule has 0 N–H and O–H groups in total. The van der Waals surface area contributed by atoms with Crippen LogP contribution in [0.4, 0.5) is 0 Å². The zero-order valence-corrected chi connectivity index (χ0v) is 36.5. The highest BCUT2D eigenvalue weighted by atomic mass is 28.3. The van der Waals surface area contributed by atoms with Crippen molar-refractivity contribution in [2.75, 3.05) is 0 Å². The zero-order chi connectivity index (χ0) is 41.4. The lowest BCUT2D eigenvalue weighted by atomic mass is 9.72. The third-order valence-corrected chi connectivity index (χ3v) is 23.3. The second-order valence-corrected chi connectivity index (χ2v) is 25.4. The van der Waals surface area contributed by atoms with Crippen molar-refractivity contribution in [1.82, 2.24) is 4.40 Å². The Morgan fingerprint density at radius 2 is 0.705 bits per heavy atom. The number of hydrogen-bond donors (Lipinski definition) is 0. The predicted molar refractivity (Wildman–Crippen MR) is 252 cm³/mol. The molecule has 15 rings (SSSR count). The quantitative estimate of drug-likeness (QED) is 0.166. The molecule has 0 amide bonds. The molecule has 0 saturated heterocycles. The third-order valence-electron chi connectivity index (χ3n) is 16.2. The van der Waals surface area contributed by atoms with Gasteiger partial charge >= 0.3 is 0 Å². The number of carbonyl (C=O) groups is 2. The van der Waals surface area contributed by atoms with Crippen molar-refractivity contribution < 1.29 is 9.59 Å². The summed E-state index contributed by atoms with van der Waals surface area (Å²) in [5.74, 6) is -0.418. The molecule has 0 radical (unpaired) electrons. The number of aromatic nitrogens is 1. The summed E-state index contributed by atoms with van der Waals surface area (Å²) in [5, 5.41) is 6.40. The Labute approximate surface area is 357 Å². The largest absolute Gasteiger partial charge is 0.308 e. The van der Waals surface area contributed by atoms with Gasteiger partial charge in [0.2, 0.25) is 0 Å². The van der Waals surface area contributed by atoms with Crippen LogP contribution in [0, 0.1) is 0 Å². The Morgan fingerprint density at radius 3 is 1.02 bits per heavy atom. The molecular formula is C57H47NO2Si. The third kappa shape index (κ3) is 4.20. The maximum atomic E-state index is 15.3. The van der Waals surface area contributed by atoms with E-state index in [1.54, 1.807) is 0 Å². The zero-order valence-electron chi connectivity index (χ0n) is 35.5. The highest BCUT2D eigenvalue weighted by Crippen LogP contribution is 2.56. The fraction of sp³-hybridized carbons (Fsp3) is 0.228. The van der Waals surface area contributed by atoms with E-state index in [4.69, 9.17) is 0 Å². The van der Waals surface area contributed by atoms with Crippen LogP contribution in [0.1, 0.15) is 142 Å². The summed E-state index contributed by atoms with van der Waals surface area (Å²) in [7, 11) is -2.16. The molecule has 0 saturated carbocycles. The first-order valence-electron chi connectivity index (χ1n) is 22.4. The fourth-order valence-corrected chi connectivity index (χ4v) is 21.0. The van der Waals surface area contributed by atoms with Crippen LogP contribution < -0.4 is 5.19 Å². The molecule has 0 aliphatic heterocycles. The molecule has 4 heteroatoms. The van der Waals surface area contributed by atoms with Crippen molar-refractivity contribution in [3.05, 3.63) is 200 Å². The number of fused-ring (bicyclic) bond motifs is 6. The SMILES string of the molecule is CC(C)[Si](c1cc2c3cc4c(cc3n3c5cc6c(cc5c(c1)c23)C1c2ccccc2C(C6=O)c2ccccc21)C(=O)C1c2ccccc2C4c2ccccc21)(C(C)C)C(C)C. The molecule has 4 bridgehead atoms. The Morgan fingerprint density at radius 1 is 0.393 bits per heavy atom. The van der Waals surface area contributed by atoms with Gasteiger partial charge in [0.1, 0.15) is 0 Å². The molecule has 0 atom stereocenters. The summed E-state index contributed by atoms with van der Waals surface area (Å²) in [4.78, 5) is 30.5.